The van der Waals surface area contributed by atoms with Crippen molar-refractivity contribution in [2.45, 2.75) is 19.3 Å². The Bertz CT molecular complexity index is 531. The lowest BCUT2D eigenvalue weighted by molar-refractivity contribution is -0.137. The van der Waals surface area contributed by atoms with Crippen molar-refractivity contribution in [3.05, 3.63) is 47.5 Å². The van der Waals surface area contributed by atoms with Crippen molar-refractivity contribution in [2.75, 3.05) is 0 Å². The first kappa shape index (κ1) is 13.5. The van der Waals surface area contributed by atoms with E-state index in [4.69, 9.17) is 0 Å². The zero-order valence-corrected chi connectivity index (χ0v) is 10.3. The molecule has 4 nitrogen and oxygen atoms in total. The first-order valence-electron chi connectivity index (χ1n) is 5.66. The van der Waals surface area contributed by atoms with Gasteiger partial charge in [0, 0.05) is 13.6 Å². The predicted octanol–water partition coefficient (Wildman–Crippen LogP) is 2.12. The van der Waals surface area contributed by atoms with Crippen LogP contribution in [0.25, 0.3) is 0 Å². The molecular formula is C12H13F3N4. The number of aryl methyl sites for hydroxylation is 1. The molecule has 1 heterocycles. The molecule has 0 saturated heterocycles. The van der Waals surface area contributed by atoms with Crippen LogP contribution in [0.1, 0.15) is 17.0 Å². The minimum Gasteiger partial charge on any atom is -0.306 e. The van der Waals surface area contributed by atoms with E-state index in [0.29, 0.717) is 18.9 Å². The van der Waals surface area contributed by atoms with Gasteiger partial charge in [0.15, 0.2) is 5.82 Å². The molecule has 1 aromatic heterocycles. The molecule has 2 rings (SSSR count). The summed E-state index contributed by atoms with van der Waals surface area (Å²) >= 11 is 0. The van der Waals surface area contributed by atoms with Crippen molar-refractivity contribution in [2.24, 2.45) is 7.05 Å². The molecule has 0 saturated carbocycles. The Kier molecular flexibility index (Phi) is 3.84. The van der Waals surface area contributed by atoms with Crippen LogP contribution in [0, 0.1) is 0 Å². The fourth-order valence-corrected chi connectivity index (χ4v) is 1.60. The molecule has 0 amide bonds. The van der Waals surface area contributed by atoms with E-state index < -0.39 is 11.7 Å². The number of nitrogens with one attached hydrogen (secondary N) is 1. The third-order valence-electron chi connectivity index (χ3n) is 2.54. The maximum atomic E-state index is 12.4. The molecule has 1 N–H and O–H groups in total. The van der Waals surface area contributed by atoms with Crippen LogP contribution < -0.4 is 5.32 Å². The molecule has 7 heteroatoms. The third-order valence-corrected chi connectivity index (χ3v) is 2.54. The summed E-state index contributed by atoms with van der Waals surface area (Å²) in [5.41, 5.74) is 0.145. The number of aromatic nitrogens is 3. The summed E-state index contributed by atoms with van der Waals surface area (Å²) in [6.45, 7) is 0.943. The normalized spacial score (nSPS) is 11.8. The fourth-order valence-electron chi connectivity index (χ4n) is 1.60. The van der Waals surface area contributed by atoms with Crippen molar-refractivity contribution in [1.29, 1.82) is 0 Å². The summed E-state index contributed by atoms with van der Waals surface area (Å²) in [5, 5.41) is 7.15. The lowest BCUT2D eigenvalue weighted by Crippen LogP contribution is -2.14. The van der Waals surface area contributed by atoms with Gasteiger partial charge in [-0.15, -0.1) is 0 Å². The van der Waals surface area contributed by atoms with Gasteiger partial charge in [-0.1, -0.05) is 12.1 Å². The molecule has 0 unspecified atom stereocenters. The molecule has 0 fully saturated rings. The maximum absolute atomic E-state index is 12.4. The van der Waals surface area contributed by atoms with Crippen molar-refractivity contribution in [1.82, 2.24) is 20.1 Å². The van der Waals surface area contributed by atoms with E-state index in [1.807, 2.05) is 0 Å². The molecule has 0 radical (unpaired) electrons. The summed E-state index contributed by atoms with van der Waals surface area (Å²) in [7, 11) is 1.77. The number of halogens is 3. The van der Waals surface area contributed by atoms with Gasteiger partial charge in [0.1, 0.15) is 6.33 Å². The molecule has 0 aliphatic carbocycles. The molecule has 0 aliphatic rings. The molecular weight excluding hydrogens is 257 g/mol. The average molecular weight is 270 g/mol. The number of nitrogens with zero attached hydrogens (tertiary/aromatic N) is 3. The van der Waals surface area contributed by atoms with Gasteiger partial charge >= 0.3 is 6.18 Å². The lowest BCUT2D eigenvalue weighted by Gasteiger charge is -2.07. The van der Waals surface area contributed by atoms with Crippen molar-refractivity contribution in [3.63, 3.8) is 0 Å². The van der Waals surface area contributed by atoms with Gasteiger partial charge in [-0.3, -0.25) is 4.68 Å². The Morgan fingerprint density at radius 3 is 2.37 bits per heavy atom. The SMILES string of the molecule is Cn1cnc(CNCc2ccc(C(F)(F)F)cc2)n1. The fraction of sp³-hybridized carbons (Fsp3) is 0.333. The maximum Gasteiger partial charge on any atom is 0.416 e. The number of hydrogen-bond donors (Lipinski definition) is 1. The highest BCUT2D eigenvalue weighted by atomic mass is 19.4. The Balaban J connectivity index is 1.86. The summed E-state index contributed by atoms with van der Waals surface area (Å²) in [6.07, 6.45) is -2.70. The van der Waals surface area contributed by atoms with E-state index in [1.54, 1.807) is 18.1 Å². The summed E-state index contributed by atoms with van der Waals surface area (Å²) in [5.74, 6) is 0.648. The monoisotopic (exact) mass is 270 g/mol. The Hall–Kier alpha value is -1.89. The second-order valence-electron chi connectivity index (χ2n) is 4.13. The van der Waals surface area contributed by atoms with E-state index in [-0.39, 0.29) is 0 Å². The minimum absolute atomic E-state index is 0.469. The van der Waals surface area contributed by atoms with Gasteiger partial charge in [-0.05, 0) is 17.7 Å². The molecule has 0 atom stereocenters. The average Bonchev–Trinajstić information content (AvgIpc) is 2.75. The zero-order valence-electron chi connectivity index (χ0n) is 10.3. The van der Waals surface area contributed by atoms with Crippen molar-refractivity contribution >= 4 is 0 Å². The van der Waals surface area contributed by atoms with E-state index in [2.05, 4.69) is 15.4 Å². The van der Waals surface area contributed by atoms with Crippen LogP contribution in [0.5, 0.6) is 0 Å². The summed E-state index contributed by atoms with van der Waals surface area (Å²) < 4.78 is 38.7. The molecule has 0 bridgehead atoms. The van der Waals surface area contributed by atoms with Crippen LogP contribution in [0.4, 0.5) is 13.2 Å². The molecule has 0 spiro atoms. The molecule has 19 heavy (non-hydrogen) atoms. The van der Waals surface area contributed by atoms with Gasteiger partial charge in [-0.2, -0.15) is 18.3 Å². The summed E-state index contributed by atoms with van der Waals surface area (Å²) in [4.78, 5) is 4.03. The number of rotatable bonds is 4. The van der Waals surface area contributed by atoms with Crippen LogP contribution in [0.15, 0.2) is 30.6 Å². The van der Waals surface area contributed by atoms with Gasteiger partial charge in [-0.25, -0.2) is 4.98 Å². The summed E-state index contributed by atoms with van der Waals surface area (Å²) in [6, 6.07) is 5.08. The van der Waals surface area contributed by atoms with Crippen LogP contribution in [-0.4, -0.2) is 14.8 Å². The number of hydrogen-bond acceptors (Lipinski definition) is 3. The molecule has 2 aromatic rings. The Labute approximate surface area is 108 Å². The van der Waals surface area contributed by atoms with Gasteiger partial charge < -0.3 is 5.32 Å². The van der Waals surface area contributed by atoms with Crippen LogP contribution in [0.2, 0.25) is 0 Å². The van der Waals surface area contributed by atoms with E-state index in [1.165, 1.54) is 12.1 Å². The Morgan fingerprint density at radius 1 is 1.16 bits per heavy atom. The highest BCUT2D eigenvalue weighted by Gasteiger charge is 2.29. The molecule has 1 aromatic carbocycles. The molecule has 0 aliphatic heterocycles. The Morgan fingerprint density at radius 2 is 1.84 bits per heavy atom. The largest absolute Gasteiger partial charge is 0.416 e. The minimum atomic E-state index is -4.29. The second-order valence-corrected chi connectivity index (χ2v) is 4.13. The first-order valence-corrected chi connectivity index (χ1v) is 5.66. The van der Waals surface area contributed by atoms with Crippen LogP contribution in [0.3, 0.4) is 0 Å². The van der Waals surface area contributed by atoms with Gasteiger partial charge in [0.25, 0.3) is 0 Å². The lowest BCUT2D eigenvalue weighted by atomic mass is 10.1. The van der Waals surface area contributed by atoms with E-state index in [0.717, 1.165) is 17.7 Å². The number of benzene rings is 1. The van der Waals surface area contributed by atoms with Crippen LogP contribution in [-0.2, 0) is 26.3 Å². The highest BCUT2D eigenvalue weighted by molar-refractivity contribution is 5.24. The quantitative estimate of drug-likeness (QED) is 0.925. The molecule has 102 valence electrons. The van der Waals surface area contributed by atoms with Crippen LogP contribution >= 0.6 is 0 Å². The standard InChI is InChI=1S/C12H13F3N4/c1-19-8-17-11(18-19)7-16-6-9-2-4-10(5-3-9)12(13,14)15/h2-5,8,16H,6-7H2,1H3. The number of alkyl halides is 3. The second kappa shape index (κ2) is 5.40. The van der Waals surface area contributed by atoms with E-state index >= 15 is 0 Å². The topological polar surface area (TPSA) is 42.7 Å². The van der Waals surface area contributed by atoms with Crippen molar-refractivity contribution < 1.29 is 13.2 Å². The van der Waals surface area contributed by atoms with Crippen molar-refractivity contribution in [3.8, 4) is 0 Å². The third kappa shape index (κ3) is 3.78. The highest BCUT2D eigenvalue weighted by Crippen LogP contribution is 2.28. The van der Waals surface area contributed by atoms with Gasteiger partial charge in [0.2, 0.25) is 0 Å². The van der Waals surface area contributed by atoms with Gasteiger partial charge in [0.05, 0.1) is 12.1 Å². The zero-order chi connectivity index (χ0) is 13.9. The smallest absolute Gasteiger partial charge is 0.306 e. The predicted molar refractivity (Wildman–Crippen MR) is 63.0 cm³/mol. The first-order chi connectivity index (χ1) is 8.95. The van der Waals surface area contributed by atoms with E-state index in [9.17, 15) is 13.2 Å².